The van der Waals surface area contributed by atoms with Crippen molar-refractivity contribution in [3.05, 3.63) is 41.0 Å². The van der Waals surface area contributed by atoms with E-state index < -0.39 is 10.6 Å². The van der Waals surface area contributed by atoms with Crippen LogP contribution in [0.25, 0.3) is 11.0 Å². The molecule has 0 spiro atoms. The fourth-order valence-electron chi connectivity index (χ4n) is 1.81. The van der Waals surface area contributed by atoms with Crippen molar-refractivity contribution in [3.8, 4) is 17.5 Å². The van der Waals surface area contributed by atoms with Crippen molar-refractivity contribution in [2.45, 2.75) is 0 Å². The maximum absolute atomic E-state index is 11.1. The molecule has 9 heteroatoms. The lowest BCUT2D eigenvalue weighted by Gasteiger charge is -2.06. The van der Waals surface area contributed by atoms with Crippen LogP contribution in [0.3, 0.4) is 0 Å². The first-order chi connectivity index (χ1) is 10.2. The molecule has 9 nitrogen and oxygen atoms in total. The van der Waals surface area contributed by atoms with Gasteiger partial charge in [-0.15, -0.1) is 0 Å². The summed E-state index contributed by atoms with van der Waals surface area (Å²) in [7, 11) is 1.28. The van der Waals surface area contributed by atoms with Gasteiger partial charge in [0, 0.05) is 12.3 Å². The lowest BCUT2D eigenvalue weighted by atomic mass is 10.4. The predicted molar refractivity (Wildman–Crippen MR) is 71.4 cm³/mol. The molecule has 0 aromatic carbocycles. The summed E-state index contributed by atoms with van der Waals surface area (Å²) >= 11 is 0. The molecule has 0 saturated carbocycles. The number of ether oxygens (including phenoxy) is 2. The van der Waals surface area contributed by atoms with E-state index in [2.05, 4.69) is 19.9 Å². The lowest BCUT2D eigenvalue weighted by molar-refractivity contribution is -0.387. The van der Waals surface area contributed by atoms with Gasteiger partial charge in [-0.3, -0.25) is 15.1 Å². The van der Waals surface area contributed by atoms with Gasteiger partial charge in [-0.25, -0.2) is 0 Å². The average Bonchev–Trinajstić information content (AvgIpc) is 2.94. The summed E-state index contributed by atoms with van der Waals surface area (Å²) in [6.45, 7) is 0. The molecule has 3 aromatic rings. The number of aromatic nitrogens is 4. The third-order valence-corrected chi connectivity index (χ3v) is 2.72. The van der Waals surface area contributed by atoms with Crippen LogP contribution in [-0.2, 0) is 0 Å². The molecule has 0 atom stereocenters. The molecule has 0 aliphatic heterocycles. The number of rotatable bonds is 4. The third kappa shape index (κ3) is 2.31. The highest BCUT2D eigenvalue weighted by molar-refractivity contribution is 5.75. The molecule has 3 rings (SSSR count). The molecule has 0 aliphatic rings. The largest absolute Gasteiger partial charge is 0.476 e. The van der Waals surface area contributed by atoms with Gasteiger partial charge in [0.05, 0.1) is 29.3 Å². The van der Waals surface area contributed by atoms with E-state index in [1.165, 1.54) is 13.3 Å². The minimum absolute atomic E-state index is 0.168. The smallest absolute Gasteiger partial charge is 0.392 e. The van der Waals surface area contributed by atoms with Gasteiger partial charge in [-0.1, -0.05) is 0 Å². The Morgan fingerprint density at radius 1 is 1.29 bits per heavy atom. The van der Waals surface area contributed by atoms with Gasteiger partial charge in [-0.05, 0) is 6.07 Å². The van der Waals surface area contributed by atoms with Crippen LogP contribution in [0.4, 0.5) is 5.69 Å². The first-order valence-corrected chi connectivity index (χ1v) is 5.83. The molecule has 3 aromatic heterocycles. The second-order valence-electron chi connectivity index (χ2n) is 3.98. The number of H-pyrrole nitrogens is 1. The normalized spacial score (nSPS) is 10.5. The summed E-state index contributed by atoms with van der Waals surface area (Å²) in [6, 6.07) is 3.47. The van der Waals surface area contributed by atoms with E-state index in [4.69, 9.17) is 9.47 Å². The van der Waals surface area contributed by atoms with Crippen molar-refractivity contribution in [3.63, 3.8) is 0 Å². The summed E-state index contributed by atoms with van der Waals surface area (Å²) in [5, 5.41) is 11.1. The molecule has 0 bridgehead atoms. The van der Waals surface area contributed by atoms with E-state index in [9.17, 15) is 10.1 Å². The number of fused-ring (bicyclic) bond motifs is 1. The molecule has 0 radical (unpaired) electrons. The fourth-order valence-corrected chi connectivity index (χ4v) is 1.81. The summed E-state index contributed by atoms with van der Waals surface area (Å²) in [5.74, 6) is -0.0627. The highest BCUT2D eigenvalue weighted by Gasteiger charge is 2.26. The van der Waals surface area contributed by atoms with Gasteiger partial charge >= 0.3 is 17.4 Å². The van der Waals surface area contributed by atoms with Crippen molar-refractivity contribution in [2.24, 2.45) is 0 Å². The van der Waals surface area contributed by atoms with E-state index in [1.807, 2.05) is 0 Å². The number of nitrogens with one attached hydrogen (secondary N) is 1. The number of methoxy groups -OCH3 is 1. The van der Waals surface area contributed by atoms with Gasteiger partial charge in [-0.2, -0.15) is 9.97 Å². The molecule has 0 fully saturated rings. The SMILES string of the molecule is COc1ncnc(Oc2cnc3cc[nH]c3c2)c1[N+](=O)[O-]. The van der Waals surface area contributed by atoms with Crippen molar-refractivity contribution in [1.82, 2.24) is 19.9 Å². The van der Waals surface area contributed by atoms with Crippen molar-refractivity contribution >= 4 is 16.7 Å². The summed E-state index contributed by atoms with van der Waals surface area (Å²) in [5.41, 5.74) is 1.07. The number of aromatic amines is 1. The monoisotopic (exact) mass is 287 g/mol. The maximum Gasteiger partial charge on any atom is 0.392 e. The minimum atomic E-state index is -0.658. The van der Waals surface area contributed by atoms with Crippen LogP contribution in [0.2, 0.25) is 0 Å². The Labute approximate surface area is 117 Å². The molecular weight excluding hydrogens is 278 g/mol. The van der Waals surface area contributed by atoms with Crippen LogP contribution in [-0.4, -0.2) is 32.0 Å². The van der Waals surface area contributed by atoms with Crippen LogP contribution in [0.15, 0.2) is 30.9 Å². The zero-order valence-electron chi connectivity index (χ0n) is 10.8. The van der Waals surface area contributed by atoms with E-state index >= 15 is 0 Å². The summed E-state index contributed by atoms with van der Waals surface area (Å²) in [4.78, 5) is 25.0. The predicted octanol–water partition coefficient (Wildman–Crippen LogP) is 2.06. The van der Waals surface area contributed by atoms with Gasteiger partial charge in [0.2, 0.25) is 0 Å². The van der Waals surface area contributed by atoms with Gasteiger partial charge in [0.15, 0.2) is 0 Å². The Balaban J connectivity index is 2.02. The molecule has 0 amide bonds. The molecule has 3 heterocycles. The van der Waals surface area contributed by atoms with Crippen molar-refractivity contribution in [1.29, 1.82) is 0 Å². The molecule has 106 valence electrons. The first-order valence-electron chi connectivity index (χ1n) is 5.83. The molecule has 0 unspecified atom stereocenters. The van der Waals surface area contributed by atoms with E-state index in [0.29, 0.717) is 5.75 Å². The van der Waals surface area contributed by atoms with Crippen molar-refractivity contribution in [2.75, 3.05) is 7.11 Å². The number of nitrogens with zero attached hydrogens (tertiary/aromatic N) is 4. The third-order valence-electron chi connectivity index (χ3n) is 2.72. The summed E-state index contributed by atoms with van der Waals surface area (Å²) in [6.07, 6.45) is 4.31. The zero-order chi connectivity index (χ0) is 14.8. The Kier molecular flexibility index (Phi) is 3.07. The average molecular weight is 287 g/mol. The van der Waals surface area contributed by atoms with Crippen LogP contribution in [0.5, 0.6) is 17.5 Å². The summed E-state index contributed by atoms with van der Waals surface area (Å²) < 4.78 is 10.3. The standard InChI is InChI=1S/C12H9N5O4/c1-20-11-10(17(18)19)12(16-6-15-11)21-7-4-9-8(14-5-7)2-3-13-9/h2-6,13H,1H3. The van der Waals surface area contributed by atoms with E-state index in [-0.39, 0.29) is 11.8 Å². The lowest BCUT2D eigenvalue weighted by Crippen LogP contribution is -2.01. The van der Waals surface area contributed by atoms with Gasteiger partial charge in [0.25, 0.3) is 0 Å². The van der Waals surface area contributed by atoms with Crippen LogP contribution < -0.4 is 9.47 Å². The molecule has 1 N–H and O–H groups in total. The highest BCUT2D eigenvalue weighted by atomic mass is 16.6. The van der Waals surface area contributed by atoms with Crippen LogP contribution in [0.1, 0.15) is 0 Å². The Bertz CT molecular complexity index is 816. The molecule has 0 saturated heterocycles. The molecule has 0 aliphatic carbocycles. The van der Waals surface area contributed by atoms with Gasteiger partial charge < -0.3 is 14.5 Å². The molecule has 21 heavy (non-hydrogen) atoms. The van der Waals surface area contributed by atoms with Crippen LogP contribution in [0, 0.1) is 10.1 Å². The van der Waals surface area contributed by atoms with Crippen molar-refractivity contribution < 1.29 is 14.4 Å². The van der Waals surface area contributed by atoms with Gasteiger partial charge in [0.1, 0.15) is 12.1 Å². The Morgan fingerprint density at radius 3 is 2.86 bits per heavy atom. The maximum atomic E-state index is 11.1. The van der Waals surface area contributed by atoms with Crippen LogP contribution >= 0.6 is 0 Å². The topological polar surface area (TPSA) is 116 Å². The Morgan fingerprint density at radius 2 is 2.10 bits per heavy atom. The fraction of sp³-hybridized carbons (Fsp3) is 0.0833. The second-order valence-corrected chi connectivity index (χ2v) is 3.98. The van der Waals surface area contributed by atoms with E-state index in [1.54, 1.807) is 18.3 Å². The molecular formula is C12H9N5O4. The second kappa shape index (κ2) is 5.04. The zero-order valence-corrected chi connectivity index (χ0v) is 10.8. The number of hydrogen-bond donors (Lipinski definition) is 1. The van der Waals surface area contributed by atoms with E-state index in [0.717, 1.165) is 17.4 Å². The minimum Gasteiger partial charge on any atom is -0.476 e. The number of nitro groups is 1. The Hall–Kier alpha value is -3.23. The number of pyridine rings is 1. The quantitative estimate of drug-likeness (QED) is 0.576. The first kappa shape index (κ1) is 12.8. The highest BCUT2D eigenvalue weighted by Crippen LogP contribution is 2.35. The number of hydrogen-bond acceptors (Lipinski definition) is 7.